The monoisotopic (exact) mass is 234 g/mol. The van der Waals surface area contributed by atoms with E-state index in [1.807, 2.05) is 24.3 Å². The lowest BCUT2D eigenvalue weighted by atomic mass is 9.72. The molecule has 2 aliphatic carbocycles. The first kappa shape index (κ1) is 12.4. The Bertz CT molecular complexity index is 484. The first-order valence-corrected chi connectivity index (χ1v) is 6.10. The van der Waals surface area contributed by atoms with Gasteiger partial charge < -0.3 is 0 Å². The van der Waals surface area contributed by atoms with Crippen LogP contribution in [0.1, 0.15) is 0 Å². The highest BCUT2D eigenvalue weighted by Gasteiger charge is 2.28. The lowest BCUT2D eigenvalue weighted by Gasteiger charge is -2.32. The van der Waals surface area contributed by atoms with Crippen molar-refractivity contribution in [2.24, 2.45) is 11.8 Å². The molecule has 0 heteroatoms. The zero-order chi connectivity index (χ0) is 13.1. The van der Waals surface area contributed by atoms with Gasteiger partial charge in [0.25, 0.3) is 0 Å². The fraction of sp³-hybridized carbons (Fsp3) is 0.111. The van der Waals surface area contributed by atoms with Crippen LogP contribution in [0.2, 0.25) is 0 Å². The van der Waals surface area contributed by atoms with Gasteiger partial charge in [0, 0.05) is 11.8 Å². The number of rotatable bonds is 4. The van der Waals surface area contributed by atoms with E-state index in [0.717, 1.165) is 11.1 Å². The average molecular weight is 234 g/mol. The zero-order valence-corrected chi connectivity index (χ0v) is 10.6. The molecule has 90 valence electrons. The maximum atomic E-state index is 3.92. The van der Waals surface area contributed by atoms with Crippen LogP contribution in [0.4, 0.5) is 0 Å². The first-order valence-electron chi connectivity index (χ1n) is 6.10. The van der Waals surface area contributed by atoms with Gasteiger partial charge in [-0.15, -0.1) is 0 Å². The maximum Gasteiger partial charge on any atom is 0.0187 e. The summed E-state index contributed by atoms with van der Waals surface area (Å²) in [5.41, 5.74) is 4.75. The third-order valence-electron chi connectivity index (χ3n) is 3.48. The molecule has 0 radical (unpaired) electrons. The molecule has 0 nitrogen and oxygen atoms in total. The van der Waals surface area contributed by atoms with Gasteiger partial charge in [-0.2, -0.15) is 0 Å². The van der Waals surface area contributed by atoms with Crippen LogP contribution in [0, 0.1) is 11.8 Å². The van der Waals surface area contributed by atoms with Crippen LogP contribution in [0.3, 0.4) is 0 Å². The lowest BCUT2D eigenvalue weighted by Crippen LogP contribution is -2.21. The van der Waals surface area contributed by atoms with Crippen molar-refractivity contribution in [1.82, 2.24) is 0 Å². The van der Waals surface area contributed by atoms with E-state index >= 15 is 0 Å². The Kier molecular flexibility index (Phi) is 3.47. The molecule has 0 aliphatic heterocycles. The van der Waals surface area contributed by atoms with Crippen LogP contribution >= 0.6 is 0 Å². The molecule has 0 saturated heterocycles. The highest BCUT2D eigenvalue weighted by molar-refractivity contribution is 5.53. The summed E-state index contributed by atoms with van der Waals surface area (Å²) in [6, 6.07) is 0. The van der Waals surface area contributed by atoms with E-state index in [1.165, 1.54) is 11.1 Å². The summed E-state index contributed by atoms with van der Waals surface area (Å²) in [4.78, 5) is 0. The van der Waals surface area contributed by atoms with Crippen molar-refractivity contribution >= 4 is 0 Å². The van der Waals surface area contributed by atoms with Gasteiger partial charge in [-0.1, -0.05) is 74.9 Å². The molecule has 2 aliphatic rings. The zero-order valence-electron chi connectivity index (χ0n) is 10.6. The Morgan fingerprint density at radius 3 is 1.50 bits per heavy atom. The predicted molar refractivity (Wildman–Crippen MR) is 80.1 cm³/mol. The summed E-state index contributed by atoms with van der Waals surface area (Å²) < 4.78 is 0. The molecular weight excluding hydrogens is 216 g/mol. The molecule has 0 bridgehead atoms. The molecule has 0 spiro atoms. The van der Waals surface area contributed by atoms with Crippen molar-refractivity contribution in [1.29, 1.82) is 0 Å². The van der Waals surface area contributed by atoms with E-state index < -0.39 is 0 Å². The maximum absolute atomic E-state index is 3.92. The molecule has 0 atom stereocenters. The van der Waals surface area contributed by atoms with Gasteiger partial charge in [0.15, 0.2) is 0 Å². The van der Waals surface area contributed by atoms with Gasteiger partial charge in [0.05, 0.1) is 0 Å². The Balaban J connectivity index is 2.54. The van der Waals surface area contributed by atoms with Gasteiger partial charge in [-0.25, -0.2) is 0 Å². The molecule has 2 rings (SSSR count). The molecule has 0 saturated carbocycles. The molecule has 0 unspecified atom stereocenters. The Morgan fingerprint density at radius 2 is 1.17 bits per heavy atom. The lowest BCUT2D eigenvalue weighted by molar-refractivity contribution is 0.607. The molecule has 0 aromatic carbocycles. The number of fused-ring (bicyclic) bond motifs is 1. The van der Waals surface area contributed by atoms with Crippen molar-refractivity contribution in [3.8, 4) is 0 Å². The summed E-state index contributed by atoms with van der Waals surface area (Å²) in [5, 5.41) is 0. The smallest absolute Gasteiger partial charge is 0.0187 e. The van der Waals surface area contributed by atoms with E-state index in [9.17, 15) is 0 Å². The average Bonchev–Trinajstić information content (AvgIpc) is 2.44. The Morgan fingerprint density at radius 1 is 0.722 bits per heavy atom. The van der Waals surface area contributed by atoms with Crippen LogP contribution in [0.25, 0.3) is 0 Å². The van der Waals surface area contributed by atoms with Gasteiger partial charge >= 0.3 is 0 Å². The van der Waals surface area contributed by atoms with Gasteiger partial charge in [-0.05, 0) is 22.3 Å². The second kappa shape index (κ2) is 5.05. The van der Waals surface area contributed by atoms with Crippen molar-refractivity contribution in [3.63, 3.8) is 0 Å². The van der Waals surface area contributed by atoms with Crippen LogP contribution in [0.15, 0.2) is 97.2 Å². The summed E-state index contributed by atoms with van der Waals surface area (Å²) in [6.45, 7) is 15.5. The fourth-order valence-corrected chi connectivity index (χ4v) is 2.61. The molecule has 0 aromatic heterocycles. The quantitative estimate of drug-likeness (QED) is 0.661. The summed E-state index contributed by atoms with van der Waals surface area (Å²) in [7, 11) is 0. The van der Waals surface area contributed by atoms with Crippen molar-refractivity contribution < 1.29 is 0 Å². The van der Waals surface area contributed by atoms with Crippen molar-refractivity contribution in [3.05, 3.63) is 97.2 Å². The van der Waals surface area contributed by atoms with Gasteiger partial charge in [0.2, 0.25) is 0 Å². The van der Waals surface area contributed by atoms with Crippen LogP contribution in [-0.4, -0.2) is 0 Å². The van der Waals surface area contributed by atoms with Gasteiger partial charge in [0.1, 0.15) is 0 Å². The van der Waals surface area contributed by atoms with Crippen LogP contribution in [-0.2, 0) is 0 Å². The van der Waals surface area contributed by atoms with E-state index in [-0.39, 0.29) is 0 Å². The Hall–Kier alpha value is -2.08. The van der Waals surface area contributed by atoms with Crippen LogP contribution in [0.5, 0.6) is 0 Å². The second-order valence-electron chi connectivity index (χ2n) is 4.49. The number of hydrogen-bond acceptors (Lipinski definition) is 0. The normalized spacial score (nSPS) is 25.8. The minimum absolute atomic E-state index is 0.326. The number of allylic oxidation sites excluding steroid dienone is 12. The molecule has 0 amide bonds. The topological polar surface area (TPSA) is 0 Å². The number of hydrogen-bond donors (Lipinski definition) is 0. The fourth-order valence-electron chi connectivity index (χ4n) is 2.61. The third kappa shape index (κ3) is 2.02. The van der Waals surface area contributed by atoms with E-state index in [4.69, 9.17) is 0 Å². The van der Waals surface area contributed by atoms with Gasteiger partial charge in [-0.3, -0.25) is 0 Å². The minimum Gasteiger partial charge on any atom is -0.0988 e. The predicted octanol–water partition coefficient (Wildman–Crippen LogP) is 4.70. The summed E-state index contributed by atoms with van der Waals surface area (Å²) >= 11 is 0. The van der Waals surface area contributed by atoms with E-state index in [1.54, 1.807) is 0 Å². The molecule has 0 N–H and O–H groups in total. The summed E-state index contributed by atoms with van der Waals surface area (Å²) in [5.74, 6) is 0.661. The standard InChI is InChI=1S/C18H18/c1-5-13-9-15(7-3)18-16(8-4)10-14(6-2)12-17(18)11-13/h5-12,17-18H,1-4H2. The van der Waals surface area contributed by atoms with Crippen molar-refractivity contribution in [2.75, 3.05) is 0 Å². The van der Waals surface area contributed by atoms with E-state index in [2.05, 4.69) is 50.6 Å². The SMILES string of the molecule is C=CC1=CC2C=C(C=C)C=C(C=C)C2C(C=C)=C1. The molecular formula is C18H18. The highest BCUT2D eigenvalue weighted by atomic mass is 14.3. The molecule has 0 aromatic rings. The third-order valence-corrected chi connectivity index (χ3v) is 3.48. The molecule has 0 heterocycles. The largest absolute Gasteiger partial charge is 0.0988 e. The first-order chi connectivity index (χ1) is 8.73. The van der Waals surface area contributed by atoms with Crippen molar-refractivity contribution in [2.45, 2.75) is 0 Å². The molecule has 18 heavy (non-hydrogen) atoms. The van der Waals surface area contributed by atoms with E-state index in [0.29, 0.717) is 11.8 Å². The minimum atomic E-state index is 0.326. The van der Waals surface area contributed by atoms with Crippen LogP contribution < -0.4 is 0 Å². The molecule has 0 fully saturated rings. The Labute approximate surface area is 109 Å². The highest BCUT2D eigenvalue weighted by Crippen LogP contribution is 2.40. The summed E-state index contributed by atoms with van der Waals surface area (Å²) in [6.07, 6.45) is 16.4. The second-order valence-corrected chi connectivity index (χ2v) is 4.49.